The zero-order valence-corrected chi connectivity index (χ0v) is 9.26. The molecule has 0 atom stereocenters. The monoisotopic (exact) mass is 221 g/mol. The Morgan fingerprint density at radius 1 is 1.44 bits per heavy atom. The summed E-state index contributed by atoms with van der Waals surface area (Å²) in [5, 5.41) is 11.0. The van der Waals surface area contributed by atoms with Gasteiger partial charge in [-0.25, -0.2) is 4.98 Å². The van der Waals surface area contributed by atoms with Gasteiger partial charge in [0, 0.05) is 18.9 Å². The lowest BCUT2D eigenvalue weighted by Crippen LogP contribution is -2.21. The van der Waals surface area contributed by atoms with Crippen molar-refractivity contribution >= 4 is 5.65 Å². The quantitative estimate of drug-likeness (QED) is 0.720. The highest BCUT2D eigenvalue weighted by Gasteiger charge is 2.04. The zero-order valence-electron chi connectivity index (χ0n) is 9.26. The molecule has 0 unspecified atom stereocenters. The molecule has 6 heteroatoms. The van der Waals surface area contributed by atoms with E-state index in [0.717, 1.165) is 19.5 Å². The van der Waals surface area contributed by atoms with Gasteiger partial charge >= 0.3 is 0 Å². The van der Waals surface area contributed by atoms with Gasteiger partial charge in [0.2, 0.25) is 5.65 Å². The van der Waals surface area contributed by atoms with E-state index in [1.54, 1.807) is 23.1 Å². The van der Waals surface area contributed by atoms with Crippen molar-refractivity contribution in [2.45, 2.75) is 13.3 Å². The molecule has 2 aromatic heterocycles. The average molecular weight is 221 g/mol. The Kier molecular flexibility index (Phi) is 3.66. The van der Waals surface area contributed by atoms with Gasteiger partial charge in [0.1, 0.15) is 12.9 Å². The predicted octanol–water partition coefficient (Wildman–Crippen LogP) is 0.503. The van der Waals surface area contributed by atoms with Crippen LogP contribution in [0.3, 0.4) is 0 Å². The zero-order chi connectivity index (χ0) is 11.2. The van der Waals surface area contributed by atoms with Crippen LogP contribution in [0.4, 0.5) is 0 Å². The van der Waals surface area contributed by atoms with Crippen molar-refractivity contribution in [3.05, 3.63) is 18.7 Å². The lowest BCUT2D eigenvalue weighted by molar-refractivity contribution is 0.304. The van der Waals surface area contributed by atoms with Crippen LogP contribution in [0.2, 0.25) is 0 Å². The molecule has 2 aromatic rings. The highest BCUT2D eigenvalue weighted by Crippen LogP contribution is 2.11. The largest absolute Gasteiger partial charge is 0.474 e. The summed E-state index contributed by atoms with van der Waals surface area (Å²) in [5.74, 6) is 0.526. The maximum absolute atomic E-state index is 5.53. The molecule has 0 saturated heterocycles. The summed E-state index contributed by atoms with van der Waals surface area (Å²) < 4.78 is 7.31. The minimum atomic E-state index is 0.526. The Morgan fingerprint density at radius 3 is 3.25 bits per heavy atom. The van der Waals surface area contributed by atoms with Crippen molar-refractivity contribution in [1.82, 2.24) is 24.9 Å². The normalized spacial score (nSPS) is 10.8. The minimum Gasteiger partial charge on any atom is -0.474 e. The molecular formula is C10H15N5O. The summed E-state index contributed by atoms with van der Waals surface area (Å²) in [6, 6.07) is 0. The first-order chi connectivity index (χ1) is 7.92. The molecule has 0 bridgehead atoms. The van der Waals surface area contributed by atoms with Gasteiger partial charge < -0.3 is 10.1 Å². The fourth-order valence-corrected chi connectivity index (χ4v) is 1.36. The van der Waals surface area contributed by atoms with Crippen molar-refractivity contribution in [2.24, 2.45) is 0 Å². The standard InChI is InChI=1S/C10H15N5O/c1-2-3-11-5-7-16-10-9-14-13-8-15(9)6-4-12-10/h4,6,8,11H,2-3,5,7H2,1H3. The summed E-state index contributed by atoms with van der Waals surface area (Å²) in [7, 11) is 0. The molecule has 0 aliphatic carbocycles. The fraction of sp³-hybridized carbons (Fsp3) is 0.500. The Morgan fingerprint density at radius 2 is 2.38 bits per heavy atom. The molecule has 0 aliphatic heterocycles. The highest BCUT2D eigenvalue weighted by molar-refractivity contribution is 5.47. The fourth-order valence-electron chi connectivity index (χ4n) is 1.36. The van der Waals surface area contributed by atoms with Gasteiger partial charge in [0.05, 0.1) is 0 Å². The molecule has 0 fully saturated rings. The molecule has 0 radical (unpaired) electrons. The molecule has 2 rings (SSSR count). The third-order valence-electron chi connectivity index (χ3n) is 2.13. The van der Waals surface area contributed by atoms with Crippen molar-refractivity contribution < 1.29 is 4.74 Å². The molecule has 0 aliphatic rings. The number of hydrogen-bond acceptors (Lipinski definition) is 5. The average Bonchev–Trinajstić information content (AvgIpc) is 2.77. The first kappa shape index (κ1) is 10.8. The molecular weight excluding hydrogens is 206 g/mol. The number of fused-ring (bicyclic) bond motifs is 1. The smallest absolute Gasteiger partial charge is 0.260 e. The van der Waals surface area contributed by atoms with Crippen LogP contribution < -0.4 is 10.1 Å². The number of nitrogens with zero attached hydrogens (tertiary/aromatic N) is 4. The van der Waals surface area contributed by atoms with Crippen LogP contribution in [0.5, 0.6) is 5.88 Å². The third-order valence-corrected chi connectivity index (χ3v) is 2.13. The Bertz CT molecular complexity index is 441. The van der Waals surface area contributed by atoms with Crippen molar-refractivity contribution in [3.8, 4) is 5.88 Å². The number of hydrogen-bond donors (Lipinski definition) is 1. The van der Waals surface area contributed by atoms with Crippen molar-refractivity contribution in [1.29, 1.82) is 0 Å². The molecule has 0 amide bonds. The van der Waals surface area contributed by atoms with Crippen molar-refractivity contribution in [2.75, 3.05) is 19.7 Å². The van der Waals surface area contributed by atoms with Gasteiger partial charge in [-0.15, -0.1) is 10.2 Å². The van der Waals surface area contributed by atoms with E-state index in [4.69, 9.17) is 4.74 Å². The first-order valence-corrected chi connectivity index (χ1v) is 5.39. The molecule has 2 heterocycles. The number of nitrogens with one attached hydrogen (secondary N) is 1. The second-order valence-corrected chi connectivity index (χ2v) is 3.39. The van der Waals surface area contributed by atoms with Gasteiger partial charge in [-0.3, -0.25) is 4.40 Å². The SMILES string of the molecule is CCCNCCOc1nccn2cnnc12. The van der Waals surface area contributed by atoms with E-state index in [9.17, 15) is 0 Å². The van der Waals surface area contributed by atoms with Crippen LogP contribution >= 0.6 is 0 Å². The summed E-state index contributed by atoms with van der Waals surface area (Å²) in [6.07, 6.45) is 6.21. The second kappa shape index (κ2) is 5.41. The minimum absolute atomic E-state index is 0.526. The summed E-state index contributed by atoms with van der Waals surface area (Å²) in [5.41, 5.74) is 0.651. The van der Waals surface area contributed by atoms with E-state index in [1.165, 1.54) is 0 Å². The van der Waals surface area contributed by atoms with E-state index >= 15 is 0 Å². The highest BCUT2D eigenvalue weighted by atomic mass is 16.5. The molecule has 86 valence electrons. The van der Waals surface area contributed by atoms with Crippen molar-refractivity contribution in [3.63, 3.8) is 0 Å². The Balaban J connectivity index is 1.91. The molecule has 1 N–H and O–H groups in total. The molecule has 0 aromatic carbocycles. The lowest BCUT2D eigenvalue weighted by atomic mass is 10.5. The molecule has 0 spiro atoms. The molecule has 6 nitrogen and oxygen atoms in total. The van der Waals surface area contributed by atoms with Gasteiger partial charge in [-0.05, 0) is 13.0 Å². The Hall–Kier alpha value is -1.69. The van der Waals surface area contributed by atoms with Gasteiger partial charge in [0.25, 0.3) is 5.88 Å². The predicted molar refractivity (Wildman–Crippen MR) is 59.4 cm³/mol. The number of ether oxygens (including phenoxy) is 1. The summed E-state index contributed by atoms with van der Waals surface area (Å²) in [6.45, 7) is 4.53. The van der Waals surface area contributed by atoms with Gasteiger partial charge in [0.15, 0.2) is 0 Å². The van der Waals surface area contributed by atoms with E-state index in [2.05, 4.69) is 27.4 Å². The number of rotatable bonds is 6. The van der Waals surface area contributed by atoms with E-state index in [-0.39, 0.29) is 0 Å². The third kappa shape index (κ3) is 2.46. The summed E-state index contributed by atoms with van der Waals surface area (Å²) in [4.78, 5) is 4.12. The first-order valence-electron chi connectivity index (χ1n) is 5.39. The van der Waals surface area contributed by atoms with E-state index in [1.807, 2.05) is 0 Å². The van der Waals surface area contributed by atoms with Crippen LogP contribution in [-0.2, 0) is 0 Å². The van der Waals surface area contributed by atoms with Crippen LogP contribution in [-0.4, -0.2) is 39.3 Å². The van der Waals surface area contributed by atoms with Crippen LogP contribution in [0.1, 0.15) is 13.3 Å². The summed E-state index contributed by atoms with van der Waals surface area (Å²) >= 11 is 0. The molecule has 16 heavy (non-hydrogen) atoms. The molecule has 0 saturated carbocycles. The maximum Gasteiger partial charge on any atom is 0.260 e. The lowest BCUT2D eigenvalue weighted by Gasteiger charge is -2.06. The second-order valence-electron chi connectivity index (χ2n) is 3.39. The topological polar surface area (TPSA) is 64.3 Å². The van der Waals surface area contributed by atoms with Gasteiger partial charge in [-0.2, -0.15) is 0 Å². The van der Waals surface area contributed by atoms with Crippen LogP contribution in [0.25, 0.3) is 5.65 Å². The van der Waals surface area contributed by atoms with E-state index < -0.39 is 0 Å². The Labute approximate surface area is 93.7 Å². The van der Waals surface area contributed by atoms with Gasteiger partial charge in [-0.1, -0.05) is 6.92 Å². The number of aromatic nitrogens is 4. The van der Waals surface area contributed by atoms with E-state index in [0.29, 0.717) is 18.1 Å². The maximum atomic E-state index is 5.53. The van der Waals surface area contributed by atoms with Crippen LogP contribution in [0, 0.1) is 0 Å². The van der Waals surface area contributed by atoms with Crippen LogP contribution in [0.15, 0.2) is 18.7 Å².